The summed E-state index contributed by atoms with van der Waals surface area (Å²) in [5.41, 5.74) is 25.3. The van der Waals surface area contributed by atoms with Crippen LogP contribution in [0.15, 0.2) is 24.3 Å². The summed E-state index contributed by atoms with van der Waals surface area (Å²) < 4.78 is 16.9. The fourth-order valence-electron chi connectivity index (χ4n) is 3.59. The highest BCUT2D eigenvalue weighted by Gasteiger charge is 2.40. The molecule has 0 saturated heterocycles. The molecular formula is C20H37N5O3. The molecule has 0 aromatic heterocycles. The molecule has 0 amide bonds. The van der Waals surface area contributed by atoms with Crippen LogP contribution in [0, 0.1) is 0 Å². The second-order valence-corrected chi connectivity index (χ2v) is 7.75. The molecule has 8 heteroatoms. The minimum atomic E-state index is -0.559. The van der Waals surface area contributed by atoms with E-state index in [1.807, 2.05) is 24.3 Å². The normalized spacial score (nSPS) is 26.1. The molecule has 1 aliphatic rings. The third-order valence-corrected chi connectivity index (χ3v) is 5.20. The number of nitrogens with zero attached hydrogens (tertiary/aromatic N) is 1. The third kappa shape index (κ3) is 6.66. The molecule has 0 heterocycles. The van der Waals surface area contributed by atoms with Crippen LogP contribution in [0.5, 0.6) is 5.75 Å². The summed E-state index contributed by atoms with van der Waals surface area (Å²) in [6.07, 6.45) is 2.00. The van der Waals surface area contributed by atoms with E-state index in [2.05, 4.69) is 4.90 Å². The molecule has 0 spiro atoms. The first-order valence-corrected chi connectivity index (χ1v) is 9.96. The molecular weight excluding hydrogens is 358 g/mol. The molecule has 2 rings (SSSR count). The number of benzene rings is 1. The van der Waals surface area contributed by atoms with E-state index >= 15 is 0 Å². The van der Waals surface area contributed by atoms with E-state index in [0.29, 0.717) is 6.54 Å². The highest BCUT2D eigenvalue weighted by atomic mass is 16.6. The molecule has 3 unspecified atom stereocenters. The van der Waals surface area contributed by atoms with Gasteiger partial charge in [-0.25, -0.2) is 0 Å². The van der Waals surface area contributed by atoms with Crippen LogP contribution in [0.2, 0.25) is 0 Å². The van der Waals surface area contributed by atoms with Gasteiger partial charge in [0.05, 0.1) is 19.4 Å². The predicted octanol–water partition coefficient (Wildman–Crippen LogP) is 1.02. The number of nitrogens with two attached hydrogens (primary N) is 4. The first kappa shape index (κ1) is 23.0. The Bertz CT molecular complexity index is 574. The minimum Gasteiger partial charge on any atom is -0.497 e. The number of hydrogen-bond donors (Lipinski definition) is 4. The van der Waals surface area contributed by atoms with Crippen LogP contribution in [0.3, 0.4) is 0 Å². The van der Waals surface area contributed by atoms with E-state index in [9.17, 15) is 0 Å². The van der Waals surface area contributed by atoms with Crippen LogP contribution in [0.25, 0.3) is 0 Å². The van der Waals surface area contributed by atoms with Gasteiger partial charge in [-0.15, -0.1) is 0 Å². The Morgan fingerprint density at radius 2 is 1.71 bits per heavy atom. The van der Waals surface area contributed by atoms with Gasteiger partial charge in [-0.2, -0.15) is 0 Å². The van der Waals surface area contributed by atoms with E-state index in [4.69, 9.17) is 37.1 Å². The van der Waals surface area contributed by atoms with Crippen molar-refractivity contribution in [2.45, 2.75) is 76.5 Å². The van der Waals surface area contributed by atoms with E-state index < -0.39 is 24.3 Å². The Morgan fingerprint density at radius 1 is 1.11 bits per heavy atom. The Kier molecular flexibility index (Phi) is 8.63. The van der Waals surface area contributed by atoms with Crippen LogP contribution in [0.1, 0.15) is 45.1 Å². The van der Waals surface area contributed by atoms with Crippen molar-refractivity contribution >= 4 is 0 Å². The molecule has 8 nitrogen and oxygen atoms in total. The Balaban J connectivity index is 2.28. The second-order valence-electron chi connectivity index (χ2n) is 7.75. The van der Waals surface area contributed by atoms with Gasteiger partial charge in [-0.05, 0) is 57.2 Å². The van der Waals surface area contributed by atoms with Crippen LogP contribution in [-0.4, -0.2) is 49.0 Å². The summed E-state index contributed by atoms with van der Waals surface area (Å²) in [7, 11) is 1.65. The fourth-order valence-corrected chi connectivity index (χ4v) is 3.59. The SMILES string of the molecule is COc1ccc(CN(C(COC(C)N)OC(C)N)C2(N)CCC(N)CC2)cc1. The molecule has 0 aliphatic heterocycles. The quantitative estimate of drug-likeness (QED) is 0.431. The smallest absolute Gasteiger partial charge is 0.138 e. The minimum absolute atomic E-state index is 0.188. The van der Waals surface area contributed by atoms with Crippen molar-refractivity contribution in [3.05, 3.63) is 29.8 Å². The Labute approximate surface area is 168 Å². The van der Waals surface area contributed by atoms with Crippen molar-refractivity contribution in [1.82, 2.24) is 4.90 Å². The maximum absolute atomic E-state index is 6.89. The summed E-state index contributed by atoms with van der Waals surface area (Å²) in [5.74, 6) is 0.810. The first-order chi connectivity index (χ1) is 13.2. The zero-order valence-electron chi connectivity index (χ0n) is 17.3. The highest BCUT2D eigenvalue weighted by molar-refractivity contribution is 5.27. The van der Waals surface area contributed by atoms with E-state index in [0.717, 1.165) is 37.0 Å². The van der Waals surface area contributed by atoms with Crippen LogP contribution < -0.4 is 27.7 Å². The summed E-state index contributed by atoms with van der Waals surface area (Å²) in [5, 5.41) is 0. The molecule has 0 bridgehead atoms. The van der Waals surface area contributed by atoms with Crippen LogP contribution >= 0.6 is 0 Å². The highest BCUT2D eigenvalue weighted by Crippen LogP contribution is 2.32. The predicted molar refractivity (Wildman–Crippen MR) is 110 cm³/mol. The number of methoxy groups -OCH3 is 1. The van der Waals surface area contributed by atoms with Gasteiger partial charge in [-0.3, -0.25) is 4.90 Å². The summed E-state index contributed by atoms with van der Waals surface area (Å²) >= 11 is 0. The Hall–Kier alpha value is -1.26. The summed E-state index contributed by atoms with van der Waals surface area (Å²) in [6.45, 7) is 4.45. The molecule has 1 aromatic rings. The average molecular weight is 396 g/mol. The lowest BCUT2D eigenvalue weighted by Crippen LogP contribution is -2.63. The lowest BCUT2D eigenvalue weighted by atomic mass is 9.85. The van der Waals surface area contributed by atoms with Crippen molar-refractivity contribution < 1.29 is 14.2 Å². The van der Waals surface area contributed by atoms with Crippen LogP contribution in [-0.2, 0) is 16.0 Å². The third-order valence-electron chi connectivity index (χ3n) is 5.20. The monoisotopic (exact) mass is 395 g/mol. The Morgan fingerprint density at radius 3 is 2.21 bits per heavy atom. The largest absolute Gasteiger partial charge is 0.497 e. The topological polar surface area (TPSA) is 135 Å². The van der Waals surface area contributed by atoms with E-state index in [-0.39, 0.29) is 12.6 Å². The van der Waals surface area contributed by atoms with Crippen LogP contribution in [0.4, 0.5) is 0 Å². The van der Waals surface area contributed by atoms with Crippen molar-refractivity contribution in [3.8, 4) is 5.75 Å². The first-order valence-electron chi connectivity index (χ1n) is 9.96. The second kappa shape index (κ2) is 10.5. The molecule has 3 atom stereocenters. The maximum Gasteiger partial charge on any atom is 0.138 e. The molecule has 0 radical (unpaired) electrons. The standard InChI is InChI=1S/C20H37N5O3/c1-14(21)27-13-19(28-15(2)22)25(20(24)10-8-17(23)9-11-20)12-16-4-6-18(26-3)7-5-16/h4-7,14-15,17,19H,8-13,21-24H2,1-3H3. The van der Waals surface area contributed by atoms with Gasteiger partial charge >= 0.3 is 0 Å². The number of hydrogen-bond acceptors (Lipinski definition) is 8. The van der Waals surface area contributed by atoms with Crippen molar-refractivity contribution in [1.29, 1.82) is 0 Å². The van der Waals surface area contributed by atoms with Crippen molar-refractivity contribution in [2.75, 3.05) is 13.7 Å². The molecule has 1 aromatic carbocycles. The lowest BCUT2D eigenvalue weighted by Gasteiger charge is -2.48. The van der Waals surface area contributed by atoms with Gasteiger partial charge < -0.3 is 37.1 Å². The molecule has 160 valence electrons. The summed E-state index contributed by atoms with van der Waals surface area (Å²) in [4.78, 5) is 2.15. The number of rotatable bonds is 10. The number of ether oxygens (including phenoxy) is 3. The fraction of sp³-hybridized carbons (Fsp3) is 0.700. The van der Waals surface area contributed by atoms with E-state index in [1.54, 1.807) is 21.0 Å². The van der Waals surface area contributed by atoms with Gasteiger partial charge in [0.2, 0.25) is 0 Å². The van der Waals surface area contributed by atoms with Gasteiger partial charge in [-0.1, -0.05) is 12.1 Å². The zero-order chi connectivity index (χ0) is 20.7. The van der Waals surface area contributed by atoms with Gasteiger partial charge in [0.1, 0.15) is 24.4 Å². The van der Waals surface area contributed by atoms with Gasteiger partial charge in [0.25, 0.3) is 0 Å². The average Bonchev–Trinajstić information content (AvgIpc) is 2.66. The van der Waals surface area contributed by atoms with Gasteiger partial charge in [0, 0.05) is 12.6 Å². The van der Waals surface area contributed by atoms with Crippen molar-refractivity contribution in [2.24, 2.45) is 22.9 Å². The molecule has 8 N–H and O–H groups in total. The molecule has 28 heavy (non-hydrogen) atoms. The molecule has 1 aliphatic carbocycles. The molecule has 1 saturated carbocycles. The van der Waals surface area contributed by atoms with Crippen molar-refractivity contribution in [3.63, 3.8) is 0 Å². The molecule has 1 fully saturated rings. The van der Waals surface area contributed by atoms with Gasteiger partial charge in [0.15, 0.2) is 0 Å². The summed E-state index contributed by atoms with van der Waals surface area (Å²) in [6, 6.07) is 8.12. The van der Waals surface area contributed by atoms with E-state index in [1.165, 1.54) is 0 Å². The lowest BCUT2D eigenvalue weighted by molar-refractivity contribution is -0.176. The maximum atomic E-state index is 6.89. The zero-order valence-corrected chi connectivity index (χ0v) is 17.3.